The topological polar surface area (TPSA) is 81.3 Å². The van der Waals surface area contributed by atoms with Crippen molar-refractivity contribution in [3.63, 3.8) is 0 Å². The largest absolute Gasteiger partial charge is 0.345 e. The third-order valence-corrected chi connectivity index (χ3v) is 4.98. The lowest BCUT2D eigenvalue weighted by Gasteiger charge is -2.13. The van der Waals surface area contributed by atoms with Crippen LogP contribution >= 0.6 is 0 Å². The van der Waals surface area contributed by atoms with E-state index in [1.807, 2.05) is 47.0 Å². The summed E-state index contributed by atoms with van der Waals surface area (Å²) in [6.07, 6.45) is 4.40. The van der Waals surface area contributed by atoms with Gasteiger partial charge in [0.15, 0.2) is 11.5 Å². The number of rotatable bonds is 6. The first-order valence-corrected chi connectivity index (χ1v) is 9.73. The fraction of sp³-hybridized carbons (Fsp3) is 0.273. The van der Waals surface area contributed by atoms with Crippen molar-refractivity contribution < 1.29 is 4.79 Å². The van der Waals surface area contributed by atoms with Gasteiger partial charge in [0.25, 0.3) is 11.5 Å². The Bertz CT molecular complexity index is 1240. The first-order chi connectivity index (χ1) is 14.0. The molecule has 0 spiro atoms. The molecule has 148 valence electrons. The average Bonchev–Trinajstić information content (AvgIpc) is 3.15. The van der Waals surface area contributed by atoms with Crippen LogP contribution in [0.3, 0.4) is 0 Å². The van der Waals surface area contributed by atoms with Crippen molar-refractivity contribution in [2.45, 2.75) is 33.4 Å². The number of hydrogen-bond donors (Lipinski definition) is 1. The molecule has 1 N–H and O–H groups in total. The molecule has 0 atom stereocenters. The van der Waals surface area contributed by atoms with Gasteiger partial charge >= 0.3 is 0 Å². The zero-order valence-corrected chi connectivity index (χ0v) is 16.5. The molecule has 0 aliphatic rings. The van der Waals surface area contributed by atoms with E-state index in [0.717, 1.165) is 12.1 Å². The van der Waals surface area contributed by atoms with Crippen LogP contribution in [0.15, 0.2) is 59.7 Å². The number of pyridine rings is 2. The van der Waals surface area contributed by atoms with Crippen LogP contribution in [0, 0.1) is 5.92 Å². The number of aromatic nitrogens is 4. The zero-order valence-electron chi connectivity index (χ0n) is 16.5. The van der Waals surface area contributed by atoms with Gasteiger partial charge in [0.2, 0.25) is 0 Å². The summed E-state index contributed by atoms with van der Waals surface area (Å²) >= 11 is 0. The second kappa shape index (κ2) is 7.87. The van der Waals surface area contributed by atoms with Crippen molar-refractivity contribution in [3.8, 4) is 0 Å². The van der Waals surface area contributed by atoms with Gasteiger partial charge in [0, 0.05) is 29.7 Å². The van der Waals surface area contributed by atoms with Gasteiger partial charge in [-0.2, -0.15) is 0 Å². The number of fused-ring (bicyclic) bond motifs is 2. The summed E-state index contributed by atoms with van der Waals surface area (Å²) in [7, 11) is 0. The minimum Gasteiger partial charge on any atom is -0.345 e. The van der Waals surface area contributed by atoms with Crippen LogP contribution < -0.4 is 10.9 Å². The highest BCUT2D eigenvalue weighted by Crippen LogP contribution is 2.16. The van der Waals surface area contributed by atoms with Gasteiger partial charge in [-0.15, -0.1) is 10.2 Å². The van der Waals surface area contributed by atoms with Crippen LogP contribution in [0.5, 0.6) is 0 Å². The number of carbonyl (C=O) groups excluding carboxylic acids is 1. The van der Waals surface area contributed by atoms with E-state index in [-0.39, 0.29) is 18.0 Å². The maximum Gasteiger partial charge on any atom is 0.258 e. The summed E-state index contributed by atoms with van der Waals surface area (Å²) in [4.78, 5) is 25.8. The van der Waals surface area contributed by atoms with E-state index >= 15 is 0 Å². The summed E-state index contributed by atoms with van der Waals surface area (Å²) in [5.74, 6) is 0.866. The Morgan fingerprint density at radius 1 is 1.07 bits per heavy atom. The van der Waals surface area contributed by atoms with Crippen LogP contribution in [-0.4, -0.2) is 25.1 Å². The first-order valence-electron chi connectivity index (χ1n) is 9.73. The van der Waals surface area contributed by atoms with E-state index in [9.17, 15) is 9.59 Å². The number of aryl methyl sites for hydroxylation is 1. The molecule has 4 rings (SSSR count). The highest BCUT2D eigenvalue weighted by atomic mass is 16.2. The third kappa shape index (κ3) is 3.76. The van der Waals surface area contributed by atoms with Gasteiger partial charge in [-0.25, -0.2) is 0 Å². The Morgan fingerprint density at radius 3 is 2.62 bits per heavy atom. The van der Waals surface area contributed by atoms with Crippen LogP contribution in [-0.2, 0) is 13.1 Å². The molecule has 0 aliphatic carbocycles. The first kappa shape index (κ1) is 18.9. The van der Waals surface area contributed by atoms with Crippen molar-refractivity contribution in [2.75, 3.05) is 0 Å². The summed E-state index contributed by atoms with van der Waals surface area (Å²) < 4.78 is 3.48. The molecule has 0 bridgehead atoms. The Labute approximate surface area is 168 Å². The van der Waals surface area contributed by atoms with E-state index in [0.29, 0.717) is 34.6 Å². The molecule has 0 saturated carbocycles. The van der Waals surface area contributed by atoms with Gasteiger partial charge < -0.3 is 9.88 Å². The molecule has 7 nitrogen and oxygen atoms in total. The highest BCUT2D eigenvalue weighted by molar-refractivity contribution is 6.06. The molecule has 3 aromatic heterocycles. The minimum absolute atomic E-state index is 0.0683. The molecule has 1 aromatic carbocycles. The maximum absolute atomic E-state index is 13.0. The number of benzene rings is 1. The zero-order chi connectivity index (χ0) is 20.4. The van der Waals surface area contributed by atoms with Crippen molar-refractivity contribution in [3.05, 3.63) is 76.6 Å². The smallest absolute Gasteiger partial charge is 0.258 e. The molecule has 0 radical (unpaired) electrons. The number of amides is 1. The van der Waals surface area contributed by atoms with Gasteiger partial charge in [-0.05, 0) is 30.5 Å². The van der Waals surface area contributed by atoms with E-state index in [2.05, 4.69) is 29.4 Å². The van der Waals surface area contributed by atoms with E-state index < -0.39 is 0 Å². The summed E-state index contributed by atoms with van der Waals surface area (Å²) in [5, 5.41) is 12.4. The molecule has 0 fully saturated rings. The molecule has 3 heterocycles. The van der Waals surface area contributed by atoms with Gasteiger partial charge in [-0.3, -0.25) is 14.0 Å². The lowest BCUT2D eigenvalue weighted by Crippen LogP contribution is -2.28. The SMILES string of the molecule is CC(C)CCn1cc(C(=O)NCc2nnc3ccccn23)c2ccccc2c1=O. The molecule has 7 heteroatoms. The van der Waals surface area contributed by atoms with E-state index in [1.165, 1.54) is 0 Å². The Morgan fingerprint density at radius 2 is 1.83 bits per heavy atom. The number of nitrogens with one attached hydrogen (secondary N) is 1. The molecule has 4 aromatic rings. The maximum atomic E-state index is 13.0. The van der Waals surface area contributed by atoms with Gasteiger partial charge in [0.1, 0.15) is 0 Å². The summed E-state index contributed by atoms with van der Waals surface area (Å²) in [6.45, 7) is 5.05. The third-order valence-electron chi connectivity index (χ3n) is 4.98. The Balaban J connectivity index is 1.65. The second-order valence-electron chi connectivity index (χ2n) is 7.50. The molecule has 1 amide bonds. The molecular formula is C22H23N5O2. The fourth-order valence-electron chi connectivity index (χ4n) is 3.35. The summed E-state index contributed by atoms with van der Waals surface area (Å²) in [5.41, 5.74) is 1.14. The van der Waals surface area contributed by atoms with E-state index in [4.69, 9.17) is 0 Å². The lowest BCUT2D eigenvalue weighted by atomic mass is 10.1. The predicted molar refractivity (Wildman–Crippen MR) is 112 cm³/mol. The van der Waals surface area contributed by atoms with Crippen LogP contribution in [0.2, 0.25) is 0 Å². The van der Waals surface area contributed by atoms with Gasteiger partial charge in [-0.1, -0.05) is 38.1 Å². The number of nitrogens with zero attached hydrogens (tertiary/aromatic N) is 4. The van der Waals surface area contributed by atoms with Gasteiger partial charge in [0.05, 0.1) is 12.1 Å². The normalized spacial score (nSPS) is 11.4. The van der Waals surface area contributed by atoms with Crippen molar-refractivity contribution in [1.29, 1.82) is 0 Å². The molecule has 29 heavy (non-hydrogen) atoms. The van der Waals surface area contributed by atoms with E-state index in [1.54, 1.807) is 16.8 Å². The van der Waals surface area contributed by atoms with Crippen molar-refractivity contribution >= 4 is 22.3 Å². The highest BCUT2D eigenvalue weighted by Gasteiger charge is 2.16. The Kier molecular flexibility index (Phi) is 5.12. The number of carbonyl (C=O) groups is 1. The average molecular weight is 389 g/mol. The number of hydrogen-bond acceptors (Lipinski definition) is 4. The molecule has 0 aliphatic heterocycles. The lowest BCUT2D eigenvalue weighted by molar-refractivity contribution is 0.0950. The second-order valence-corrected chi connectivity index (χ2v) is 7.50. The quantitative estimate of drug-likeness (QED) is 0.550. The van der Waals surface area contributed by atoms with Crippen molar-refractivity contribution in [2.24, 2.45) is 5.92 Å². The molecular weight excluding hydrogens is 366 g/mol. The molecule has 0 unspecified atom stereocenters. The van der Waals surface area contributed by atoms with Crippen LogP contribution in [0.4, 0.5) is 0 Å². The van der Waals surface area contributed by atoms with Crippen LogP contribution in [0.1, 0.15) is 36.5 Å². The minimum atomic E-state index is -0.243. The fourth-order valence-corrected chi connectivity index (χ4v) is 3.35. The Hall–Kier alpha value is -3.48. The summed E-state index contributed by atoms with van der Waals surface area (Å²) in [6, 6.07) is 12.9. The molecule has 0 saturated heterocycles. The van der Waals surface area contributed by atoms with Crippen molar-refractivity contribution in [1.82, 2.24) is 24.5 Å². The standard InChI is InChI=1S/C22H23N5O2/c1-15(2)10-12-26-14-18(16-7-3-4-8-17(16)22(26)29)21(28)23-13-20-25-24-19-9-5-6-11-27(19)20/h3-9,11,14-15H,10,12-13H2,1-2H3,(H,23,28). The monoisotopic (exact) mass is 389 g/mol. The van der Waals surface area contributed by atoms with Crippen LogP contribution in [0.25, 0.3) is 16.4 Å². The predicted octanol–water partition coefficient (Wildman–Crippen LogP) is 3.02.